The van der Waals surface area contributed by atoms with Gasteiger partial charge in [-0.2, -0.15) is 0 Å². The molecule has 2 aliphatic rings. The van der Waals surface area contributed by atoms with Crippen molar-refractivity contribution in [1.82, 2.24) is 28.9 Å². The fraction of sp³-hybridized carbons (Fsp3) is 0.241. The Bertz CT molecular complexity index is 1680. The highest BCUT2D eigenvalue weighted by atomic mass is 35.5. The molecule has 4 aromatic rings. The number of carbonyl (C=O) groups is 4. The smallest absolute Gasteiger partial charge is 0.358 e. The molecule has 0 radical (unpaired) electrons. The second kappa shape index (κ2) is 11.2. The number of ether oxygens (including phenoxy) is 2. The maximum atomic E-state index is 12.9. The average Bonchev–Trinajstić information content (AvgIpc) is 3.55. The number of nitrogens with zero attached hydrogens (tertiary/aromatic N) is 6. The molecule has 0 saturated heterocycles. The minimum atomic E-state index is -0.663. The molecule has 0 saturated carbocycles. The second-order valence-corrected chi connectivity index (χ2v) is 11.0. The Balaban J connectivity index is 1.09. The molecule has 0 spiro atoms. The highest BCUT2D eigenvalue weighted by molar-refractivity contribution is 6.31. The molecule has 43 heavy (non-hydrogen) atoms. The zero-order valence-corrected chi connectivity index (χ0v) is 24.6. The van der Waals surface area contributed by atoms with Crippen LogP contribution in [-0.2, 0) is 22.6 Å². The normalized spacial score (nSPS) is 13.9. The molecular formula is C29H24Cl2N6O6. The highest BCUT2D eigenvalue weighted by Crippen LogP contribution is 2.29. The van der Waals surface area contributed by atoms with E-state index in [1.54, 1.807) is 59.6 Å². The average molecular weight is 623 g/mol. The summed E-state index contributed by atoms with van der Waals surface area (Å²) in [7, 11) is 3.25. The summed E-state index contributed by atoms with van der Waals surface area (Å²) in [5.41, 5.74) is 3.09. The SMILES string of the molecule is CN1Cc2c(C(=O)OCCCOC(=O)c3ncn4c3CN(C)C(=O)c3cc(Cl)ccc3-4)ncn2-c2ccc(Cl)cc2C1=O. The van der Waals surface area contributed by atoms with Crippen LogP contribution < -0.4 is 0 Å². The minimum Gasteiger partial charge on any atom is -0.461 e. The summed E-state index contributed by atoms with van der Waals surface area (Å²) in [4.78, 5) is 63.0. The van der Waals surface area contributed by atoms with Crippen LogP contribution in [0.5, 0.6) is 0 Å². The Morgan fingerprint density at radius 1 is 0.744 bits per heavy atom. The fourth-order valence-corrected chi connectivity index (χ4v) is 5.46. The molecule has 0 N–H and O–H groups in total. The zero-order valence-electron chi connectivity index (χ0n) is 23.0. The number of carbonyl (C=O) groups excluding carboxylic acids is 4. The van der Waals surface area contributed by atoms with E-state index in [1.807, 2.05) is 0 Å². The molecule has 14 heteroatoms. The van der Waals surface area contributed by atoms with Crippen LogP contribution >= 0.6 is 23.2 Å². The fourth-order valence-electron chi connectivity index (χ4n) is 5.11. The van der Waals surface area contributed by atoms with E-state index in [0.29, 0.717) is 43.9 Å². The number of hydrogen-bond acceptors (Lipinski definition) is 8. The maximum absolute atomic E-state index is 12.9. The third-order valence-electron chi connectivity index (χ3n) is 7.24. The lowest BCUT2D eigenvalue weighted by molar-refractivity contribution is 0.0385. The van der Waals surface area contributed by atoms with Crippen LogP contribution in [0.15, 0.2) is 49.1 Å². The van der Waals surface area contributed by atoms with Crippen LogP contribution in [0.1, 0.15) is 59.5 Å². The standard InChI is InChI=1S/C29H24Cl2N6O6/c1-34-12-22-24(32-14-36(22)20-6-4-16(30)10-18(20)26(34)38)28(40)42-8-3-9-43-29(41)25-23-13-35(2)27(39)19-11-17(31)5-7-21(19)37(23)15-33-25/h4-7,10-11,14-15H,3,8-9,12-13H2,1-2H3. The number of aromatic nitrogens is 4. The molecule has 220 valence electrons. The number of amides is 2. The first-order valence-electron chi connectivity index (χ1n) is 13.2. The lowest BCUT2D eigenvalue weighted by Gasteiger charge is -2.14. The molecule has 12 nitrogen and oxygen atoms in total. The Hall–Kier alpha value is -4.68. The summed E-state index contributed by atoms with van der Waals surface area (Å²) in [5.74, 6) is -1.79. The van der Waals surface area contributed by atoms with E-state index in [9.17, 15) is 19.2 Å². The first-order chi connectivity index (χ1) is 20.6. The third-order valence-corrected chi connectivity index (χ3v) is 7.71. The van der Waals surface area contributed by atoms with Crippen molar-refractivity contribution in [3.05, 3.63) is 93.0 Å². The van der Waals surface area contributed by atoms with E-state index in [2.05, 4.69) is 9.97 Å². The Morgan fingerprint density at radius 2 is 1.16 bits per heavy atom. The molecule has 0 atom stereocenters. The van der Waals surface area contributed by atoms with Gasteiger partial charge in [-0.25, -0.2) is 19.6 Å². The number of hydrogen-bond donors (Lipinski definition) is 0. The van der Waals surface area contributed by atoms with Gasteiger partial charge in [-0.1, -0.05) is 23.2 Å². The Kier molecular flexibility index (Phi) is 7.40. The number of halogens is 2. The van der Waals surface area contributed by atoms with Gasteiger partial charge in [0.2, 0.25) is 0 Å². The van der Waals surface area contributed by atoms with Gasteiger partial charge in [0.1, 0.15) is 12.7 Å². The number of esters is 2. The van der Waals surface area contributed by atoms with Crippen molar-refractivity contribution < 1.29 is 28.7 Å². The Morgan fingerprint density at radius 3 is 1.58 bits per heavy atom. The predicted octanol–water partition coefficient (Wildman–Crippen LogP) is 3.94. The van der Waals surface area contributed by atoms with Crippen molar-refractivity contribution in [3.63, 3.8) is 0 Å². The molecule has 0 unspecified atom stereocenters. The van der Waals surface area contributed by atoms with Crippen molar-refractivity contribution in [2.75, 3.05) is 27.3 Å². The highest BCUT2D eigenvalue weighted by Gasteiger charge is 2.31. The van der Waals surface area contributed by atoms with Crippen LogP contribution in [0.25, 0.3) is 11.4 Å². The van der Waals surface area contributed by atoms with Gasteiger partial charge in [0.05, 0.1) is 60.2 Å². The van der Waals surface area contributed by atoms with Gasteiger partial charge in [-0.05, 0) is 36.4 Å². The van der Waals surface area contributed by atoms with Gasteiger partial charge < -0.3 is 19.3 Å². The molecule has 0 bridgehead atoms. The van der Waals surface area contributed by atoms with Gasteiger partial charge in [0.25, 0.3) is 11.8 Å². The molecule has 2 aromatic carbocycles. The first kappa shape index (κ1) is 28.4. The largest absolute Gasteiger partial charge is 0.461 e. The predicted molar refractivity (Wildman–Crippen MR) is 154 cm³/mol. The van der Waals surface area contributed by atoms with E-state index in [4.69, 9.17) is 32.7 Å². The zero-order chi connectivity index (χ0) is 30.4. The van der Waals surface area contributed by atoms with Gasteiger partial charge >= 0.3 is 11.9 Å². The summed E-state index contributed by atoms with van der Waals surface area (Å²) >= 11 is 12.2. The van der Waals surface area contributed by atoms with Crippen LogP contribution in [0.3, 0.4) is 0 Å². The minimum absolute atomic E-state index is 0.0357. The monoisotopic (exact) mass is 622 g/mol. The van der Waals surface area contributed by atoms with E-state index in [0.717, 1.165) is 0 Å². The molecule has 2 aromatic heterocycles. The number of rotatable bonds is 6. The summed E-state index contributed by atoms with van der Waals surface area (Å²) in [5, 5.41) is 0.844. The van der Waals surface area contributed by atoms with Crippen LogP contribution in [0.4, 0.5) is 0 Å². The van der Waals surface area contributed by atoms with Gasteiger partial charge in [-0.3, -0.25) is 18.7 Å². The third kappa shape index (κ3) is 5.12. The quantitative estimate of drug-likeness (QED) is 0.234. The second-order valence-electron chi connectivity index (χ2n) is 10.1. The van der Waals surface area contributed by atoms with Crippen molar-refractivity contribution in [3.8, 4) is 11.4 Å². The maximum Gasteiger partial charge on any atom is 0.358 e. The first-order valence-corrected chi connectivity index (χ1v) is 14.0. The summed E-state index contributed by atoms with van der Waals surface area (Å²) < 4.78 is 14.2. The molecule has 2 aliphatic heterocycles. The molecule has 2 amide bonds. The van der Waals surface area contributed by atoms with E-state index < -0.39 is 11.9 Å². The molecule has 0 aliphatic carbocycles. The number of benzene rings is 2. The van der Waals surface area contributed by atoms with Gasteiger partial charge in [0.15, 0.2) is 11.4 Å². The number of imidazole rings is 2. The molecule has 4 heterocycles. The van der Waals surface area contributed by atoms with Crippen molar-refractivity contribution in [2.45, 2.75) is 19.5 Å². The van der Waals surface area contributed by atoms with Crippen LogP contribution in [0, 0.1) is 0 Å². The van der Waals surface area contributed by atoms with Gasteiger partial charge in [0, 0.05) is 30.6 Å². The van der Waals surface area contributed by atoms with Crippen molar-refractivity contribution >= 4 is 47.0 Å². The molecular weight excluding hydrogens is 599 g/mol. The molecule has 0 fully saturated rings. The summed E-state index contributed by atoms with van der Waals surface area (Å²) in [6.07, 6.45) is 3.17. The Labute approximate surface area is 255 Å². The van der Waals surface area contributed by atoms with Gasteiger partial charge in [-0.15, -0.1) is 0 Å². The lowest BCUT2D eigenvalue weighted by Crippen LogP contribution is -2.26. The molecule has 6 rings (SSSR count). The van der Waals surface area contributed by atoms with E-state index in [1.165, 1.54) is 22.5 Å². The number of fused-ring (bicyclic) bond motifs is 6. The van der Waals surface area contributed by atoms with Crippen molar-refractivity contribution in [1.29, 1.82) is 0 Å². The summed E-state index contributed by atoms with van der Waals surface area (Å²) in [6.45, 7) is 0.207. The van der Waals surface area contributed by atoms with Crippen LogP contribution in [0.2, 0.25) is 10.0 Å². The topological polar surface area (TPSA) is 129 Å². The van der Waals surface area contributed by atoms with E-state index >= 15 is 0 Å². The van der Waals surface area contributed by atoms with Crippen LogP contribution in [-0.4, -0.2) is 80.0 Å². The summed E-state index contributed by atoms with van der Waals surface area (Å²) in [6, 6.07) is 9.89. The van der Waals surface area contributed by atoms with Crippen molar-refractivity contribution in [2.24, 2.45) is 0 Å². The van der Waals surface area contributed by atoms with E-state index in [-0.39, 0.29) is 55.9 Å². The lowest BCUT2D eigenvalue weighted by atomic mass is 10.1.